The van der Waals surface area contributed by atoms with E-state index in [-0.39, 0.29) is 62.4 Å². The summed E-state index contributed by atoms with van der Waals surface area (Å²) in [6.45, 7) is 14.0. The molecule has 0 aromatic heterocycles. The lowest BCUT2D eigenvalue weighted by atomic mass is 9.88. The van der Waals surface area contributed by atoms with Gasteiger partial charge in [0.1, 0.15) is 6.04 Å². The van der Waals surface area contributed by atoms with Gasteiger partial charge in [0.2, 0.25) is 23.6 Å². The molecular formula is C35H67N5O10. The highest BCUT2D eigenvalue weighted by Gasteiger charge is 2.43. The topological polar surface area (TPSA) is 220 Å². The van der Waals surface area contributed by atoms with Crippen molar-refractivity contribution in [3.63, 3.8) is 0 Å². The smallest absolute Gasteiger partial charge is 0.220 e. The number of primary amides is 1. The minimum atomic E-state index is -0.869. The first kappa shape index (κ1) is 45.6. The van der Waals surface area contributed by atoms with Crippen LogP contribution in [-0.4, -0.2) is 122 Å². The number of nitrogens with two attached hydrogens (primary N) is 1. The molecule has 0 spiro atoms. The van der Waals surface area contributed by atoms with Crippen molar-refractivity contribution in [2.45, 2.75) is 148 Å². The molecule has 0 aromatic carbocycles. The summed E-state index contributed by atoms with van der Waals surface area (Å²) in [6, 6.07) is -0.656. The summed E-state index contributed by atoms with van der Waals surface area (Å²) >= 11 is 0. The second kappa shape index (κ2) is 22.5. The Morgan fingerprint density at radius 1 is 0.880 bits per heavy atom. The molecule has 0 bridgehead atoms. The number of rotatable bonds is 26. The molecular weight excluding hydrogens is 650 g/mol. The van der Waals surface area contributed by atoms with E-state index in [1.165, 1.54) is 6.92 Å². The van der Waals surface area contributed by atoms with Crippen molar-refractivity contribution in [1.29, 1.82) is 0 Å². The number of carbonyl (C=O) groups excluding carboxylic acids is 4. The highest BCUT2D eigenvalue weighted by atomic mass is 16.7. The third-order valence-electron chi connectivity index (χ3n) is 9.18. The average molecular weight is 718 g/mol. The van der Waals surface area contributed by atoms with E-state index in [9.17, 15) is 29.4 Å². The summed E-state index contributed by atoms with van der Waals surface area (Å²) in [5, 5.41) is 32.4. The number of ether oxygens (including phenoxy) is 4. The fourth-order valence-corrected chi connectivity index (χ4v) is 5.40. The molecule has 0 aliphatic carbocycles. The molecule has 15 heteroatoms. The van der Waals surface area contributed by atoms with Gasteiger partial charge in [0, 0.05) is 51.8 Å². The monoisotopic (exact) mass is 717 g/mol. The van der Waals surface area contributed by atoms with Crippen molar-refractivity contribution in [2.24, 2.45) is 11.7 Å². The van der Waals surface area contributed by atoms with Crippen LogP contribution < -0.4 is 27.0 Å². The van der Waals surface area contributed by atoms with Gasteiger partial charge < -0.3 is 56.2 Å². The second-order valence-corrected chi connectivity index (χ2v) is 14.7. The summed E-state index contributed by atoms with van der Waals surface area (Å²) in [5.41, 5.74) is 3.13. The number of likely N-dealkylation sites (N-methyl/N-ethyl adjacent to an activating group) is 1. The Labute approximate surface area is 298 Å². The second-order valence-electron chi connectivity index (χ2n) is 14.7. The number of amides is 4. The Balaban J connectivity index is 2.29. The predicted molar refractivity (Wildman–Crippen MR) is 189 cm³/mol. The van der Waals surface area contributed by atoms with Crippen LogP contribution in [0.25, 0.3) is 0 Å². The minimum Gasteiger partial charge on any atom is -0.394 e. The largest absolute Gasteiger partial charge is 0.394 e. The van der Waals surface area contributed by atoms with E-state index in [0.29, 0.717) is 64.6 Å². The molecule has 1 saturated heterocycles. The molecule has 292 valence electrons. The Kier molecular flexibility index (Phi) is 20.5. The Morgan fingerprint density at radius 3 is 1.94 bits per heavy atom. The lowest BCUT2D eigenvalue weighted by Crippen LogP contribution is -2.61. The first-order chi connectivity index (χ1) is 23.4. The van der Waals surface area contributed by atoms with Crippen LogP contribution in [0.2, 0.25) is 0 Å². The van der Waals surface area contributed by atoms with Gasteiger partial charge in [-0.05, 0) is 73.3 Å². The van der Waals surface area contributed by atoms with Crippen LogP contribution in [0.1, 0.15) is 106 Å². The summed E-state index contributed by atoms with van der Waals surface area (Å²) in [4.78, 5) is 47.5. The van der Waals surface area contributed by atoms with E-state index in [4.69, 9.17) is 24.7 Å². The van der Waals surface area contributed by atoms with Crippen molar-refractivity contribution in [3.8, 4) is 0 Å². The zero-order valence-corrected chi connectivity index (χ0v) is 31.7. The predicted octanol–water partition coefficient (Wildman–Crippen LogP) is 1.02. The number of aliphatic hydroxyl groups is 2. The van der Waals surface area contributed by atoms with E-state index in [1.54, 1.807) is 7.05 Å². The van der Waals surface area contributed by atoms with Crippen molar-refractivity contribution in [2.75, 3.05) is 46.6 Å². The number of carbonyl (C=O) groups is 4. The molecule has 6 atom stereocenters. The average Bonchev–Trinajstić information content (AvgIpc) is 3.06. The Bertz CT molecular complexity index is 1040. The van der Waals surface area contributed by atoms with Gasteiger partial charge in [0.05, 0.1) is 48.8 Å². The van der Waals surface area contributed by atoms with Crippen molar-refractivity contribution in [3.05, 3.63) is 0 Å². The Hall–Kier alpha value is -2.40. The SMILES string of the molecule is CCC1O[C@@H](OCCCCC(=O)NCCCNC(=O)CCC(C)(C)OCC(CO)(COC(C)(C)CCC(N)=O)NC)C(NC(C)=O)C(O)[C@H]1C. The lowest BCUT2D eigenvalue weighted by molar-refractivity contribution is -0.249. The molecule has 1 aliphatic rings. The van der Waals surface area contributed by atoms with Crippen LogP contribution in [-0.2, 0) is 38.1 Å². The zero-order chi connectivity index (χ0) is 38.0. The van der Waals surface area contributed by atoms with Gasteiger partial charge in [0.25, 0.3) is 0 Å². The third kappa shape index (κ3) is 17.7. The Morgan fingerprint density at radius 2 is 1.44 bits per heavy atom. The van der Waals surface area contributed by atoms with Gasteiger partial charge in [-0.3, -0.25) is 19.2 Å². The fourth-order valence-electron chi connectivity index (χ4n) is 5.40. The molecule has 1 fully saturated rings. The number of hydrogen-bond donors (Lipinski definition) is 7. The van der Waals surface area contributed by atoms with Crippen LogP contribution in [0.3, 0.4) is 0 Å². The summed E-state index contributed by atoms with van der Waals surface area (Å²) in [7, 11) is 1.71. The maximum atomic E-state index is 12.5. The fraction of sp³-hybridized carbons (Fsp3) is 0.886. The number of aliphatic hydroxyl groups excluding tert-OH is 2. The van der Waals surface area contributed by atoms with Gasteiger partial charge in [-0.25, -0.2) is 0 Å². The summed E-state index contributed by atoms with van der Waals surface area (Å²) in [5.74, 6) is -1.02. The highest BCUT2D eigenvalue weighted by Crippen LogP contribution is 2.29. The summed E-state index contributed by atoms with van der Waals surface area (Å²) < 4.78 is 24.0. The molecule has 0 aromatic rings. The van der Waals surface area contributed by atoms with E-state index in [1.807, 2.05) is 41.5 Å². The van der Waals surface area contributed by atoms with Gasteiger partial charge in [-0.2, -0.15) is 0 Å². The van der Waals surface area contributed by atoms with E-state index < -0.39 is 41.1 Å². The normalized spacial score (nSPS) is 22.4. The molecule has 1 heterocycles. The van der Waals surface area contributed by atoms with Gasteiger partial charge in [0.15, 0.2) is 6.29 Å². The zero-order valence-electron chi connectivity index (χ0n) is 31.7. The van der Waals surface area contributed by atoms with Gasteiger partial charge in [-0.15, -0.1) is 0 Å². The summed E-state index contributed by atoms with van der Waals surface area (Å²) in [6.07, 6.45) is 2.47. The maximum absolute atomic E-state index is 12.5. The molecule has 1 rings (SSSR count). The molecule has 4 unspecified atom stereocenters. The minimum absolute atomic E-state index is 0.0873. The van der Waals surface area contributed by atoms with Crippen molar-refractivity contribution < 1.29 is 48.3 Å². The number of unbranched alkanes of at least 4 members (excludes halogenated alkanes) is 1. The van der Waals surface area contributed by atoms with Gasteiger partial charge in [-0.1, -0.05) is 13.8 Å². The first-order valence-electron chi connectivity index (χ1n) is 18.0. The molecule has 50 heavy (non-hydrogen) atoms. The van der Waals surface area contributed by atoms with Crippen LogP contribution in [0, 0.1) is 5.92 Å². The molecule has 1 aliphatic heterocycles. The molecule has 4 amide bonds. The number of nitrogens with one attached hydrogen (secondary N) is 4. The van der Waals surface area contributed by atoms with E-state index >= 15 is 0 Å². The highest BCUT2D eigenvalue weighted by molar-refractivity contribution is 5.76. The van der Waals surface area contributed by atoms with Gasteiger partial charge >= 0.3 is 0 Å². The van der Waals surface area contributed by atoms with Crippen LogP contribution in [0.4, 0.5) is 0 Å². The molecule has 8 N–H and O–H groups in total. The standard InChI is InChI=1S/C35H67N5O10/c1-9-26-24(2)31(46)30(40-25(3)42)32(50-26)47-20-11-10-13-28(44)38-18-12-19-39-29(45)15-17-34(6,7)49-23-35(21-41,37-8)22-48-33(4,5)16-14-27(36)43/h24,26,30-32,37,41,46H,9-23H2,1-8H3,(H2,36,43)(H,38,44)(H,39,45)(H,40,42)/t24-,26?,30?,31?,32+,35?/m0/s1. The maximum Gasteiger partial charge on any atom is 0.220 e. The molecule has 0 radical (unpaired) electrons. The van der Waals surface area contributed by atoms with E-state index in [0.717, 1.165) is 0 Å². The third-order valence-corrected chi connectivity index (χ3v) is 9.18. The van der Waals surface area contributed by atoms with Crippen LogP contribution in [0.5, 0.6) is 0 Å². The van der Waals surface area contributed by atoms with Crippen LogP contribution in [0.15, 0.2) is 0 Å². The van der Waals surface area contributed by atoms with Crippen molar-refractivity contribution in [1.82, 2.24) is 21.3 Å². The van der Waals surface area contributed by atoms with Crippen molar-refractivity contribution >= 4 is 23.6 Å². The quantitative estimate of drug-likeness (QED) is 0.0627. The molecule has 15 nitrogen and oxygen atoms in total. The molecule has 0 saturated carbocycles. The number of hydrogen-bond acceptors (Lipinski definition) is 11. The van der Waals surface area contributed by atoms with Crippen LogP contribution >= 0.6 is 0 Å². The lowest BCUT2D eigenvalue weighted by Gasteiger charge is -2.43. The first-order valence-corrected chi connectivity index (χ1v) is 18.0. The van der Waals surface area contributed by atoms with E-state index in [2.05, 4.69) is 21.3 Å².